The van der Waals surface area contributed by atoms with Crippen molar-refractivity contribution in [2.45, 2.75) is 19.4 Å². The Morgan fingerprint density at radius 2 is 2.12 bits per heavy atom. The maximum atomic E-state index is 12.7. The van der Waals surface area contributed by atoms with Gasteiger partial charge in [-0.1, -0.05) is 0 Å². The molecule has 128 valence electrons. The maximum absolute atomic E-state index is 12.7. The molecule has 0 aliphatic carbocycles. The van der Waals surface area contributed by atoms with E-state index in [0.29, 0.717) is 17.5 Å². The zero-order valence-corrected chi connectivity index (χ0v) is 13.9. The quantitative estimate of drug-likeness (QED) is 0.882. The maximum Gasteiger partial charge on any atom is 0.274 e. The molecule has 2 aromatic rings. The van der Waals surface area contributed by atoms with Gasteiger partial charge in [0.25, 0.3) is 5.91 Å². The van der Waals surface area contributed by atoms with Crippen LogP contribution in [0.1, 0.15) is 22.7 Å². The molecule has 1 atom stereocenters. The van der Waals surface area contributed by atoms with Crippen molar-refractivity contribution in [2.75, 3.05) is 39.3 Å². The Morgan fingerprint density at radius 1 is 1.29 bits per heavy atom. The molecular weight excluding hydrogens is 306 g/mol. The Labute approximate surface area is 141 Å². The highest BCUT2D eigenvalue weighted by Crippen LogP contribution is 2.22. The van der Waals surface area contributed by atoms with Crippen molar-refractivity contribution in [1.29, 1.82) is 0 Å². The van der Waals surface area contributed by atoms with Crippen molar-refractivity contribution in [3.63, 3.8) is 0 Å². The van der Waals surface area contributed by atoms with Crippen LogP contribution in [-0.2, 0) is 0 Å². The third kappa shape index (κ3) is 2.97. The summed E-state index contributed by atoms with van der Waals surface area (Å²) in [6.45, 7) is 7.70. The van der Waals surface area contributed by atoms with Crippen LogP contribution in [0.2, 0.25) is 0 Å². The highest BCUT2D eigenvalue weighted by atomic mass is 16.3. The lowest BCUT2D eigenvalue weighted by Crippen LogP contribution is -2.49. The number of nitrogens with one attached hydrogen (secondary N) is 2. The van der Waals surface area contributed by atoms with Crippen LogP contribution in [0.15, 0.2) is 22.6 Å². The number of rotatable bonds is 3. The van der Waals surface area contributed by atoms with Gasteiger partial charge < -0.3 is 14.6 Å². The smallest absolute Gasteiger partial charge is 0.274 e. The van der Waals surface area contributed by atoms with Gasteiger partial charge in [-0.05, 0) is 25.5 Å². The number of furan rings is 1. The van der Waals surface area contributed by atoms with E-state index in [0.717, 1.165) is 57.1 Å². The number of nitrogens with zero attached hydrogens (tertiary/aromatic N) is 3. The summed E-state index contributed by atoms with van der Waals surface area (Å²) < 4.78 is 5.58. The Kier molecular flexibility index (Phi) is 4.12. The zero-order valence-electron chi connectivity index (χ0n) is 13.9. The molecule has 0 saturated carbocycles. The summed E-state index contributed by atoms with van der Waals surface area (Å²) in [5, 5.41) is 10.5. The van der Waals surface area contributed by atoms with Gasteiger partial charge in [0.05, 0.1) is 0 Å². The van der Waals surface area contributed by atoms with Crippen LogP contribution >= 0.6 is 0 Å². The van der Waals surface area contributed by atoms with Crippen molar-refractivity contribution in [3.8, 4) is 11.5 Å². The number of piperazine rings is 1. The molecule has 0 radical (unpaired) electrons. The van der Waals surface area contributed by atoms with Gasteiger partial charge in [0, 0.05) is 51.4 Å². The van der Waals surface area contributed by atoms with Crippen LogP contribution in [0.5, 0.6) is 0 Å². The molecule has 0 aromatic carbocycles. The van der Waals surface area contributed by atoms with Crippen LogP contribution in [0.3, 0.4) is 0 Å². The number of aromatic nitrogens is 2. The van der Waals surface area contributed by atoms with E-state index in [2.05, 4.69) is 20.4 Å². The Hall–Kier alpha value is -2.12. The third-order valence-corrected chi connectivity index (χ3v) is 4.92. The second-order valence-electron chi connectivity index (χ2n) is 6.56. The van der Waals surface area contributed by atoms with Crippen molar-refractivity contribution < 1.29 is 9.21 Å². The molecule has 7 heteroatoms. The molecule has 0 spiro atoms. The summed E-state index contributed by atoms with van der Waals surface area (Å²) in [7, 11) is 0. The van der Waals surface area contributed by atoms with Gasteiger partial charge in [-0.25, -0.2) is 0 Å². The minimum atomic E-state index is -0.00147. The van der Waals surface area contributed by atoms with E-state index in [4.69, 9.17) is 4.42 Å². The summed E-state index contributed by atoms with van der Waals surface area (Å²) in [5.74, 6) is 1.54. The van der Waals surface area contributed by atoms with Gasteiger partial charge in [-0.15, -0.1) is 0 Å². The molecule has 2 aliphatic rings. The van der Waals surface area contributed by atoms with Gasteiger partial charge in [0.2, 0.25) is 0 Å². The third-order valence-electron chi connectivity index (χ3n) is 4.92. The molecule has 1 unspecified atom stereocenters. The van der Waals surface area contributed by atoms with E-state index in [1.807, 2.05) is 24.0 Å². The second kappa shape index (κ2) is 6.41. The van der Waals surface area contributed by atoms with E-state index in [-0.39, 0.29) is 5.91 Å². The standard InChI is InChI=1S/C17H23N5O2/c1-12-2-3-16(24-12)14-10-15(20-19-14)17(23)22-7-4-13(11-22)21-8-5-18-6-9-21/h2-3,10,13,18H,4-9,11H2,1H3,(H,19,20). The molecule has 24 heavy (non-hydrogen) atoms. The van der Waals surface area contributed by atoms with Crippen LogP contribution < -0.4 is 5.32 Å². The van der Waals surface area contributed by atoms with Gasteiger partial charge in [0.15, 0.2) is 11.5 Å². The van der Waals surface area contributed by atoms with Gasteiger partial charge in [-0.3, -0.25) is 14.8 Å². The number of aryl methyl sites for hydroxylation is 1. The van der Waals surface area contributed by atoms with E-state index < -0.39 is 0 Å². The number of amides is 1. The first-order chi connectivity index (χ1) is 11.7. The van der Waals surface area contributed by atoms with Gasteiger partial charge in [-0.2, -0.15) is 5.10 Å². The highest BCUT2D eigenvalue weighted by Gasteiger charge is 2.32. The molecule has 4 rings (SSSR count). The van der Waals surface area contributed by atoms with Crippen molar-refractivity contribution in [2.24, 2.45) is 0 Å². The molecule has 2 fully saturated rings. The normalized spacial score (nSPS) is 22.2. The van der Waals surface area contributed by atoms with Crippen molar-refractivity contribution in [1.82, 2.24) is 25.3 Å². The number of H-pyrrole nitrogens is 1. The molecule has 0 bridgehead atoms. The first-order valence-corrected chi connectivity index (χ1v) is 8.57. The topological polar surface area (TPSA) is 77.4 Å². The molecule has 2 saturated heterocycles. The monoisotopic (exact) mass is 329 g/mol. The van der Waals surface area contributed by atoms with Crippen LogP contribution in [-0.4, -0.2) is 71.2 Å². The molecule has 1 amide bonds. The largest absolute Gasteiger partial charge is 0.460 e. The number of carbonyl (C=O) groups excluding carboxylic acids is 1. The fourth-order valence-electron chi connectivity index (χ4n) is 3.57. The summed E-state index contributed by atoms with van der Waals surface area (Å²) in [6.07, 6.45) is 1.04. The van der Waals surface area contributed by atoms with Crippen LogP contribution in [0, 0.1) is 6.92 Å². The van der Waals surface area contributed by atoms with Crippen LogP contribution in [0.4, 0.5) is 0 Å². The lowest BCUT2D eigenvalue weighted by atomic mass is 10.2. The predicted octanol–water partition coefficient (Wildman–Crippen LogP) is 1.10. The van der Waals surface area contributed by atoms with E-state index >= 15 is 0 Å². The number of hydrogen-bond acceptors (Lipinski definition) is 5. The molecule has 2 aromatic heterocycles. The fourth-order valence-corrected chi connectivity index (χ4v) is 3.57. The summed E-state index contributed by atoms with van der Waals surface area (Å²) >= 11 is 0. The molecule has 4 heterocycles. The van der Waals surface area contributed by atoms with Crippen molar-refractivity contribution >= 4 is 5.91 Å². The first kappa shape index (κ1) is 15.4. The average molecular weight is 329 g/mol. The Bertz CT molecular complexity index is 716. The molecule has 2 N–H and O–H groups in total. The SMILES string of the molecule is Cc1ccc(-c2cc(C(=O)N3CCC(N4CCNCC4)C3)n[nH]2)o1. The van der Waals surface area contributed by atoms with E-state index in [1.54, 1.807) is 6.07 Å². The summed E-state index contributed by atoms with van der Waals surface area (Å²) in [4.78, 5) is 17.1. The lowest BCUT2D eigenvalue weighted by molar-refractivity contribution is 0.0767. The van der Waals surface area contributed by atoms with Gasteiger partial charge in [0.1, 0.15) is 11.5 Å². The van der Waals surface area contributed by atoms with Gasteiger partial charge >= 0.3 is 0 Å². The zero-order chi connectivity index (χ0) is 16.5. The van der Waals surface area contributed by atoms with Crippen LogP contribution in [0.25, 0.3) is 11.5 Å². The van der Waals surface area contributed by atoms with Crippen molar-refractivity contribution in [3.05, 3.63) is 29.7 Å². The fraction of sp³-hybridized carbons (Fsp3) is 0.529. The Morgan fingerprint density at radius 3 is 2.88 bits per heavy atom. The number of likely N-dealkylation sites (tertiary alicyclic amines) is 1. The minimum Gasteiger partial charge on any atom is -0.460 e. The first-order valence-electron chi connectivity index (χ1n) is 8.57. The summed E-state index contributed by atoms with van der Waals surface area (Å²) in [6, 6.07) is 6.03. The second-order valence-corrected chi connectivity index (χ2v) is 6.56. The number of aromatic amines is 1. The molecular formula is C17H23N5O2. The van der Waals surface area contributed by atoms with E-state index in [1.165, 1.54) is 0 Å². The number of hydrogen-bond donors (Lipinski definition) is 2. The lowest BCUT2D eigenvalue weighted by Gasteiger charge is -2.32. The number of carbonyl (C=O) groups is 1. The highest BCUT2D eigenvalue weighted by molar-refractivity contribution is 5.93. The minimum absolute atomic E-state index is 0.00147. The van der Waals surface area contributed by atoms with E-state index in [9.17, 15) is 4.79 Å². The molecule has 2 aliphatic heterocycles. The predicted molar refractivity (Wildman–Crippen MR) is 89.8 cm³/mol. The Balaban J connectivity index is 1.42. The summed E-state index contributed by atoms with van der Waals surface area (Å²) in [5.41, 5.74) is 1.20. The average Bonchev–Trinajstić information content (AvgIpc) is 3.35. The molecule has 7 nitrogen and oxygen atoms in total.